The minimum atomic E-state index is -0.434. The van der Waals surface area contributed by atoms with Gasteiger partial charge >= 0.3 is 0 Å². The maximum absolute atomic E-state index is 12.3. The van der Waals surface area contributed by atoms with Crippen LogP contribution in [0.15, 0.2) is 41.8 Å². The number of methoxy groups -OCH3 is 1. The average molecular weight is 386 g/mol. The third kappa shape index (κ3) is 4.74. The van der Waals surface area contributed by atoms with Crippen LogP contribution >= 0.6 is 11.3 Å². The maximum atomic E-state index is 12.3. The lowest BCUT2D eigenvalue weighted by atomic mass is 9.96. The zero-order chi connectivity index (χ0) is 19.2. The molecule has 3 rings (SSSR count). The number of hydrogen-bond donors (Lipinski definition) is 1. The SMILES string of the molecule is COc1ccc(C(=O)NCC2CCN(C(=O)C(=O)c3cccs3)CC2)cc1. The number of carbonyl (C=O) groups is 3. The number of carbonyl (C=O) groups excluding carboxylic acids is 3. The lowest BCUT2D eigenvalue weighted by molar-refractivity contribution is -0.127. The molecule has 0 unspecified atom stereocenters. The van der Waals surface area contributed by atoms with E-state index in [0.717, 1.165) is 12.8 Å². The molecule has 27 heavy (non-hydrogen) atoms. The summed E-state index contributed by atoms with van der Waals surface area (Å²) >= 11 is 1.28. The van der Waals surface area contributed by atoms with Gasteiger partial charge in [0.2, 0.25) is 0 Å². The standard InChI is InChI=1S/C20H22N2O4S/c1-26-16-6-4-15(5-7-16)19(24)21-13-14-8-10-22(11-9-14)20(25)18(23)17-3-2-12-27-17/h2-7,12,14H,8-11,13H2,1H3,(H,21,24). The highest BCUT2D eigenvalue weighted by Crippen LogP contribution is 2.19. The van der Waals surface area contributed by atoms with Crippen LogP contribution in [0.3, 0.4) is 0 Å². The minimum absolute atomic E-state index is 0.121. The molecule has 6 nitrogen and oxygen atoms in total. The maximum Gasteiger partial charge on any atom is 0.295 e. The normalized spacial score (nSPS) is 14.6. The summed E-state index contributed by atoms with van der Waals surface area (Å²) in [5.74, 6) is 0.0206. The van der Waals surface area contributed by atoms with Crippen molar-refractivity contribution in [3.63, 3.8) is 0 Å². The molecule has 142 valence electrons. The zero-order valence-electron chi connectivity index (χ0n) is 15.1. The van der Waals surface area contributed by atoms with Gasteiger partial charge in [0.05, 0.1) is 12.0 Å². The molecule has 0 saturated carbocycles. The predicted molar refractivity (Wildman–Crippen MR) is 103 cm³/mol. The molecule has 1 aliphatic rings. The van der Waals surface area contributed by atoms with Gasteiger partial charge in [0.25, 0.3) is 17.6 Å². The Labute approximate surface area is 162 Å². The van der Waals surface area contributed by atoms with Crippen molar-refractivity contribution in [2.75, 3.05) is 26.7 Å². The third-order valence-electron chi connectivity index (χ3n) is 4.74. The van der Waals surface area contributed by atoms with Gasteiger partial charge in [0.1, 0.15) is 5.75 Å². The Kier molecular flexibility index (Phi) is 6.24. The summed E-state index contributed by atoms with van der Waals surface area (Å²) in [5, 5.41) is 4.74. The number of nitrogens with zero attached hydrogens (tertiary/aromatic N) is 1. The van der Waals surface area contributed by atoms with Crippen LogP contribution in [0.4, 0.5) is 0 Å². The summed E-state index contributed by atoms with van der Waals surface area (Å²) < 4.78 is 5.09. The van der Waals surface area contributed by atoms with Gasteiger partial charge in [-0.2, -0.15) is 0 Å². The number of ether oxygens (including phenoxy) is 1. The number of ketones is 1. The molecule has 0 atom stereocenters. The summed E-state index contributed by atoms with van der Waals surface area (Å²) in [7, 11) is 1.58. The van der Waals surface area contributed by atoms with Crippen LogP contribution in [-0.2, 0) is 4.79 Å². The Balaban J connectivity index is 1.44. The van der Waals surface area contributed by atoms with Crippen molar-refractivity contribution in [2.45, 2.75) is 12.8 Å². The molecule has 1 fully saturated rings. The fraction of sp³-hybridized carbons (Fsp3) is 0.350. The Hall–Kier alpha value is -2.67. The van der Waals surface area contributed by atoms with Crippen LogP contribution < -0.4 is 10.1 Å². The van der Waals surface area contributed by atoms with Gasteiger partial charge in [-0.15, -0.1) is 11.3 Å². The number of Topliss-reactive ketones (excluding diaryl/α,β-unsaturated/α-hetero) is 1. The minimum Gasteiger partial charge on any atom is -0.497 e. The van der Waals surface area contributed by atoms with Crippen LogP contribution in [0, 0.1) is 5.92 Å². The smallest absolute Gasteiger partial charge is 0.295 e. The second kappa shape index (κ2) is 8.81. The Morgan fingerprint density at radius 2 is 1.85 bits per heavy atom. The van der Waals surface area contributed by atoms with Crippen LogP contribution in [-0.4, -0.2) is 49.2 Å². The van der Waals surface area contributed by atoms with Crippen LogP contribution in [0.1, 0.15) is 32.9 Å². The van der Waals surface area contributed by atoms with E-state index in [1.54, 1.807) is 53.8 Å². The van der Waals surface area contributed by atoms with Gasteiger partial charge in [0, 0.05) is 25.2 Å². The van der Waals surface area contributed by atoms with E-state index in [9.17, 15) is 14.4 Å². The average Bonchev–Trinajstić information content (AvgIpc) is 3.26. The first kappa shape index (κ1) is 19.1. The van der Waals surface area contributed by atoms with Gasteiger partial charge in [-0.25, -0.2) is 0 Å². The molecule has 1 aromatic carbocycles. The number of likely N-dealkylation sites (tertiary alicyclic amines) is 1. The van der Waals surface area contributed by atoms with Crippen LogP contribution in [0.25, 0.3) is 0 Å². The van der Waals surface area contributed by atoms with Gasteiger partial charge in [-0.05, 0) is 54.5 Å². The van der Waals surface area contributed by atoms with Crippen LogP contribution in [0.5, 0.6) is 5.75 Å². The van der Waals surface area contributed by atoms with E-state index in [1.807, 2.05) is 0 Å². The van der Waals surface area contributed by atoms with E-state index in [0.29, 0.717) is 41.7 Å². The first-order chi connectivity index (χ1) is 13.1. The number of nitrogens with one attached hydrogen (secondary N) is 1. The molecule has 1 N–H and O–H groups in total. The largest absolute Gasteiger partial charge is 0.497 e. The molecular formula is C20H22N2O4S. The third-order valence-corrected chi connectivity index (χ3v) is 5.61. The lowest BCUT2D eigenvalue weighted by Gasteiger charge is -2.31. The molecule has 7 heteroatoms. The number of hydrogen-bond acceptors (Lipinski definition) is 5. The number of thiophene rings is 1. The fourth-order valence-corrected chi connectivity index (χ4v) is 3.73. The molecule has 2 amide bonds. The van der Waals surface area contributed by atoms with E-state index in [1.165, 1.54) is 11.3 Å². The van der Waals surface area contributed by atoms with Crippen molar-refractivity contribution in [2.24, 2.45) is 5.92 Å². The Morgan fingerprint density at radius 1 is 1.15 bits per heavy atom. The molecule has 1 aliphatic heterocycles. The predicted octanol–water partition coefficient (Wildman–Crippen LogP) is 2.61. The van der Waals surface area contributed by atoms with Crippen molar-refractivity contribution in [1.29, 1.82) is 0 Å². The van der Waals surface area contributed by atoms with Crippen molar-refractivity contribution >= 4 is 28.9 Å². The first-order valence-electron chi connectivity index (χ1n) is 8.88. The highest BCUT2D eigenvalue weighted by atomic mass is 32.1. The molecule has 2 heterocycles. The van der Waals surface area contributed by atoms with Gasteiger partial charge < -0.3 is 15.0 Å². The summed E-state index contributed by atoms with van der Waals surface area (Å²) in [4.78, 5) is 38.8. The Morgan fingerprint density at radius 3 is 2.44 bits per heavy atom. The van der Waals surface area contributed by atoms with Gasteiger partial charge in [-0.1, -0.05) is 6.07 Å². The Bertz CT molecular complexity index is 794. The summed E-state index contributed by atoms with van der Waals surface area (Å²) in [5.41, 5.74) is 0.588. The summed E-state index contributed by atoms with van der Waals surface area (Å²) in [6.07, 6.45) is 1.54. The monoisotopic (exact) mass is 386 g/mol. The molecule has 1 aromatic heterocycles. The van der Waals surface area contributed by atoms with E-state index >= 15 is 0 Å². The molecule has 2 aromatic rings. The van der Waals surface area contributed by atoms with Crippen LogP contribution in [0.2, 0.25) is 0 Å². The summed E-state index contributed by atoms with van der Waals surface area (Å²) in [6, 6.07) is 10.4. The van der Waals surface area contributed by atoms with Crippen molar-refractivity contribution < 1.29 is 19.1 Å². The lowest BCUT2D eigenvalue weighted by Crippen LogP contribution is -2.44. The van der Waals surface area contributed by atoms with E-state index in [4.69, 9.17) is 4.74 Å². The highest BCUT2D eigenvalue weighted by Gasteiger charge is 2.28. The highest BCUT2D eigenvalue weighted by molar-refractivity contribution is 7.13. The second-order valence-corrected chi connectivity index (χ2v) is 7.43. The number of amides is 2. The molecule has 0 aliphatic carbocycles. The van der Waals surface area contributed by atoms with E-state index in [2.05, 4.69) is 5.32 Å². The number of rotatable bonds is 6. The number of piperidine rings is 1. The first-order valence-corrected chi connectivity index (χ1v) is 9.76. The van der Waals surface area contributed by atoms with E-state index < -0.39 is 11.7 Å². The fourth-order valence-electron chi connectivity index (χ4n) is 3.08. The van der Waals surface area contributed by atoms with Crippen molar-refractivity contribution in [3.05, 3.63) is 52.2 Å². The number of benzene rings is 1. The van der Waals surface area contributed by atoms with Gasteiger partial charge in [-0.3, -0.25) is 14.4 Å². The molecule has 0 radical (unpaired) electrons. The van der Waals surface area contributed by atoms with Gasteiger partial charge in [0.15, 0.2) is 0 Å². The van der Waals surface area contributed by atoms with Crippen molar-refractivity contribution in [3.8, 4) is 5.75 Å². The molecule has 1 saturated heterocycles. The topological polar surface area (TPSA) is 75.7 Å². The van der Waals surface area contributed by atoms with Crippen molar-refractivity contribution in [1.82, 2.24) is 10.2 Å². The van der Waals surface area contributed by atoms with E-state index in [-0.39, 0.29) is 5.91 Å². The zero-order valence-corrected chi connectivity index (χ0v) is 16.0. The molecule has 0 spiro atoms. The molecular weight excluding hydrogens is 364 g/mol. The molecule has 0 bridgehead atoms. The summed E-state index contributed by atoms with van der Waals surface area (Å²) in [6.45, 7) is 1.64. The second-order valence-electron chi connectivity index (χ2n) is 6.48. The quantitative estimate of drug-likeness (QED) is 0.612.